The number of aromatic nitrogens is 4. The molecular weight excluding hydrogens is 424 g/mol. The van der Waals surface area contributed by atoms with Crippen LogP contribution < -0.4 is 4.90 Å². The van der Waals surface area contributed by atoms with Gasteiger partial charge < -0.3 is 9.80 Å². The molecular formula is C27H38N6O. The Hall–Kier alpha value is -2.70. The smallest absolute Gasteiger partial charge is 0.223 e. The van der Waals surface area contributed by atoms with Crippen LogP contribution in [0.1, 0.15) is 83.5 Å². The Morgan fingerprint density at radius 2 is 1.85 bits per heavy atom. The molecule has 1 amide bonds. The predicted octanol–water partition coefficient (Wildman–Crippen LogP) is 5.11. The van der Waals surface area contributed by atoms with Gasteiger partial charge in [-0.05, 0) is 44.2 Å². The largest absolute Gasteiger partial charge is 0.338 e. The Kier molecular flexibility index (Phi) is 5.98. The van der Waals surface area contributed by atoms with Gasteiger partial charge in [-0.1, -0.05) is 51.7 Å². The zero-order valence-corrected chi connectivity index (χ0v) is 21.3. The standard InChI is InChI=1S/C27H38N6O/c1-18-11-12-22-21(15-18)25-30-29-24(20-9-7-6-8-10-20)33(25)26(28-22)31-13-14-32(19(2)17-31)23(34)16-27(3,4)5/h11-12,15,19-20H,6-10,13-14,16-17H2,1-5H3/t19-/m0/s1. The number of benzene rings is 1. The van der Waals surface area contributed by atoms with Gasteiger partial charge >= 0.3 is 0 Å². The van der Waals surface area contributed by atoms with Crippen LogP contribution in [0.3, 0.4) is 0 Å². The van der Waals surface area contributed by atoms with Crippen molar-refractivity contribution in [3.05, 3.63) is 29.6 Å². The molecule has 0 bridgehead atoms. The van der Waals surface area contributed by atoms with E-state index in [9.17, 15) is 4.79 Å². The van der Waals surface area contributed by atoms with Gasteiger partial charge in [-0.25, -0.2) is 9.38 Å². The molecule has 0 radical (unpaired) electrons. The fourth-order valence-corrected chi connectivity index (χ4v) is 5.65. The highest BCUT2D eigenvalue weighted by Gasteiger charge is 2.32. The van der Waals surface area contributed by atoms with Crippen LogP contribution in [-0.4, -0.2) is 56.1 Å². The van der Waals surface area contributed by atoms with E-state index in [1.54, 1.807) is 0 Å². The topological polar surface area (TPSA) is 66.6 Å². The van der Waals surface area contributed by atoms with Crippen molar-refractivity contribution in [2.24, 2.45) is 5.41 Å². The van der Waals surface area contributed by atoms with E-state index in [0.717, 1.165) is 54.3 Å². The fraction of sp³-hybridized carbons (Fsp3) is 0.630. The number of nitrogens with zero attached hydrogens (tertiary/aromatic N) is 6. The first kappa shape index (κ1) is 23.1. The molecule has 2 aliphatic rings. The van der Waals surface area contributed by atoms with Crippen molar-refractivity contribution in [1.29, 1.82) is 0 Å². The van der Waals surface area contributed by atoms with Crippen LogP contribution in [0.5, 0.6) is 0 Å². The highest BCUT2D eigenvalue weighted by molar-refractivity contribution is 5.93. The van der Waals surface area contributed by atoms with Crippen molar-refractivity contribution in [2.45, 2.75) is 85.1 Å². The zero-order chi connectivity index (χ0) is 24.0. The van der Waals surface area contributed by atoms with E-state index >= 15 is 0 Å². The summed E-state index contributed by atoms with van der Waals surface area (Å²) in [7, 11) is 0. The molecule has 3 aromatic rings. The van der Waals surface area contributed by atoms with Crippen molar-refractivity contribution in [3.63, 3.8) is 0 Å². The number of aryl methyl sites for hydroxylation is 1. The summed E-state index contributed by atoms with van der Waals surface area (Å²) in [4.78, 5) is 22.5. The number of carbonyl (C=O) groups excluding carboxylic acids is 1. The second-order valence-electron chi connectivity index (χ2n) is 11.6. The summed E-state index contributed by atoms with van der Waals surface area (Å²) in [6, 6.07) is 6.51. The number of piperazine rings is 1. The summed E-state index contributed by atoms with van der Waals surface area (Å²) in [6.45, 7) is 12.9. The SMILES string of the molecule is Cc1ccc2nc(N3CCN(C(=O)CC(C)(C)C)[C@@H](C)C3)n3c(C4CCCCC4)nnc3c2c1. The fourth-order valence-electron chi connectivity index (χ4n) is 5.65. The molecule has 34 heavy (non-hydrogen) atoms. The number of amides is 1. The summed E-state index contributed by atoms with van der Waals surface area (Å²) in [5.41, 5.74) is 3.05. The molecule has 2 fully saturated rings. The lowest BCUT2D eigenvalue weighted by molar-refractivity contribution is -0.135. The quantitative estimate of drug-likeness (QED) is 0.541. The average Bonchev–Trinajstić information content (AvgIpc) is 3.23. The lowest BCUT2D eigenvalue weighted by atomic mass is 9.89. The van der Waals surface area contributed by atoms with E-state index in [0.29, 0.717) is 18.9 Å². The Bertz CT molecular complexity index is 1200. The lowest BCUT2D eigenvalue weighted by Gasteiger charge is -2.41. The minimum Gasteiger partial charge on any atom is -0.338 e. The summed E-state index contributed by atoms with van der Waals surface area (Å²) in [6.07, 6.45) is 6.71. The molecule has 7 heteroatoms. The predicted molar refractivity (Wildman–Crippen MR) is 136 cm³/mol. The van der Waals surface area contributed by atoms with Crippen molar-refractivity contribution < 1.29 is 4.79 Å². The van der Waals surface area contributed by atoms with Crippen LogP contribution in [0.15, 0.2) is 18.2 Å². The third kappa shape index (κ3) is 4.37. The number of fused-ring (bicyclic) bond motifs is 3. The van der Waals surface area contributed by atoms with Gasteiger partial charge in [0, 0.05) is 43.4 Å². The molecule has 1 aliphatic heterocycles. The molecule has 5 rings (SSSR count). The maximum absolute atomic E-state index is 13.0. The average molecular weight is 463 g/mol. The van der Waals surface area contributed by atoms with Crippen LogP contribution in [0, 0.1) is 12.3 Å². The molecule has 1 aliphatic carbocycles. The Balaban J connectivity index is 1.54. The summed E-state index contributed by atoms with van der Waals surface area (Å²) < 4.78 is 2.23. The highest BCUT2D eigenvalue weighted by atomic mass is 16.2. The van der Waals surface area contributed by atoms with E-state index in [4.69, 9.17) is 15.2 Å². The minimum absolute atomic E-state index is 0.00445. The Morgan fingerprint density at radius 3 is 2.56 bits per heavy atom. The van der Waals surface area contributed by atoms with Gasteiger partial charge in [0.2, 0.25) is 11.9 Å². The number of hydrogen-bond acceptors (Lipinski definition) is 5. The zero-order valence-electron chi connectivity index (χ0n) is 21.3. The molecule has 1 atom stereocenters. The third-order valence-corrected chi connectivity index (χ3v) is 7.38. The van der Waals surface area contributed by atoms with E-state index in [2.05, 4.69) is 67.0 Å². The van der Waals surface area contributed by atoms with Crippen molar-refractivity contribution in [3.8, 4) is 0 Å². The van der Waals surface area contributed by atoms with Gasteiger partial charge in [0.15, 0.2) is 5.65 Å². The van der Waals surface area contributed by atoms with Crippen molar-refractivity contribution in [2.75, 3.05) is 24.5 Å². The van der Waals surface area contributed by atoms with E-state index in [1.807, 2.05) is 0 Å². The van der Waals surface area contributed by atoms with Gasteiger partial charge in [-0.2, -0.15) is 0 Å². The second-order valence-corrected chi connectivity index (χ2v) is 11.6. The van der Waals surface area contributed by atoms with Crippen LogP contribution in [0.25, 0.3) is 16.6 Å². The number of carbonyl (C=O) groups is 1. The molecule has 1 aromatic carbocycles. The summed E-state index contributed by atoms with van der Waals surface area (Å²) >= 11 is 0. The van der Waals surface area contributed by atoms with E-state index < -0.39 is 0 Å². The molecule has 1 saturated heterocycles. The summed E-state index contributed by atoms with van der Waals surface area (Å²) in [5.74, 6) is 2.66. The Labute approximate surface area is 202 Å². The maximum Gasteiger partial charge on any atom is 0.223 e. The van der Waals surface area contributed by atoms with Crippen LogP contribution in [-0.2, 0) is 4.79 Å². The first-order chi connectivity index (χ1) is 16.2. The lowest BCUT2D eigenvalue weighted by Crippen LogP contribution is -2.55. The van der Waals surface area contributed by atoms with Crippen LogP contribution >= 0.6 is 0 Å². The van der Waals surface area contributed by atoms with Gasteiger partial charge in [0.05, 0.1) is 5.52 Å². The molecule has 0 unspecified atom stereocenters. The number of rotatable bonds is 3. The van der Waals surface area contributed by atoms with Gasteiger partial charge in [-0.3, -0.25) is 4.79 Å². The first-order valence-electron chi connectivity index (χ1n) is 12.9. The molecule has 182 valence electrons. The third-order valence-electron chi connectivity index (χ3n) is 7.38. The molecule has 0 spiro atoms. The molecule has 1 saturated carbocycles. The van der Waals surface area contributed by atoms with E-state index in [-0.39, 0.29) is 17.4 Å². The Morgan fingerprint density at radius 1 is 1.09 bits per heavy atom. The molecule has 0 N–H and O–H groups in total. The van der Waals surface area contributed by atoms with Crippen molar-refractivity contribution >= 4 is 28.4 Å². The van der Waals surface area contributed by atoms with Gasteiger partial charge in [-0.15, -0.1) is 10.2 Å². The van der Waals surface area contributed by atoms with Crippen LogP contribution in [0.2, 0.25) is 0 Å². The number of hydrogen-bond donors (Lipinski definition) is 0. The number of anilines is 1. The molecule has 2 aromatic heterocycles. The molecule has 3 heterocycles. The normalized spacial score (nSPS) is 20.4. The minimum atomic E-state index is -0.00445. The van der Waals surface area contributed by atoms with E-state index in [1.165, 1.54) is 24.8 Å². The maximum atomic E-state index is 13.0. The van der Waals surface area contributed by atoms with Gasteiger partial charge in [0.1, 0.15) is 5.82 Å². The second kappa shape index (κ2) is 8.82. The molecule has 7 nitrogen and oxygen atoms in total. The highest BCUT2D eigenvalue weighted by Crippen LogP contribution is 2.35. The summed E-state index contributed by atoms with van der Waals surface area (Å²) in [5, 5.41) is 10.5. The monoisotopic (exact) mass is 462 g/mol. The van der Waals surface area contributed by atoms with Crippen molar-refractivity contribution in [1.82, 2.24) is 24.5 Å². The first-order valence-corrected chi connectivity index (χ1v) is 12.9. The van der Waals surface area contributed by atoms with Crippen LogP contribution in [0.4, 0.5) is 5.95 Å². The van der Waals surface area contributed by atoms with Gasteiger partial charge in [0.25, 0.3) is 0 Å².